The summed E-state index contributed by atoms with van der Waals surface area (Å²) < 4.78 is 43.6. The van der Waals surface area contributed by atoms with Crippen molar-refractivity contribution in [3.05, 3.63) is 88.8 Å². The number of halogens is 3. The van der Waals surface area contributed by atoms with Crippen LogP contribution in [0, 0.1) is 6.92 Å². The molecule has 5 nitrogen and oxygen atoms in total. The lowest BCUT2D eigenvalue weighted by atomic mass is 9.99. The van der Waals surface area contributed by atoms with E-state index in [-0.39, 0.29) is 11.9 Å². The molecule has 3 rings (SSSR count). The number of benzene rings is 2. The van der Waals surface area contributed by atoms with Crippen molar-refractivity contribution in [1.82, 2.24) is 15.8 Å². The van der Waals surface area contributed by atoms with Crippen molar-refractivity contribution < 1.29 is 22.5 Å². The van der Waals surface area contributed by atoms with E-state index < -0.39 is 17.8 Å². The molecule has 164 valence electrons. The van der Waals surface area contributed by atoms with Gasteiger partial charge in [-0.25, -0.2) is 0 Å². The minimum Gasteiger partial charge on any atom is -0.361 e. The summed E-state index contributed by atoms with van der Waals surface area (Å²) in [5.41, 5.74) is 1.51. The van der Waals surface area contributed by atoms with E-state index in [2.05, 4.69) is 15.8 Å². The van der Waals surface area contributed by atoms with Gasteiger partial charge in [0.25, 0.3) is 0 Å². The number of alkyl halides is 3. The van der Waals surface area contributed by atoms with E-state index in [4.69, 9.17) is 4.52 Å². The summed E-state index contributed by atoms with van der Waals surface area (Å²) in [7, 11) is 1.57. The molecule has 0 spiro atoms. The van der Waals surface area contributed by atoms with Gasteiger partial charge >= 0.3 is 6.18 Å². The monoisotopic (exact) mass is 431 g/mol. The Bertz CT molecular complexity index is 985. The lowest BCUT2D eigenvalue weighted by Gasteiger charge is -2.24. The van der Waals surface area contributed by atoms with Gasteiger partial charge in [-0.15, -0.1) is 0 Å². The Labute approximate surface area is 178 Å². The van der Waals surface area contributed by atoms with Crippen LogP contribution in [0.3, 0.4) is 0 Å². The average molecular weight is 431 g/mol. The summed E-state index contributed by atoms with van der Waals surface area (Å²) in [6.45, 7) is 1.77. The molecule has 1 unspecified atom stereocenters. The molecule has 0 aliphatic heterocycles. The maximum Gasteiger partial charge on any atom is 0.416 e. The maximum absolute atomic E-state index is 12.8. The van der Waals surface area contributed by atoms with Crippen LogP contribution in [0.5, 0.6) is 0 Å². The van der Waals surface area contributed by atoms with Gasteiger partial charge in [0.15, 0.2) is 0 Å². The Morgan fingerprint density at radius 2 is 1.77 bits per heavy atom. The number of hydrogen-bond acceptors (Lipinski definition) is 4. The van der Waals surface area contributed by atoms with E-state index in [1.54, 1.807) is 20.0 Å². The molecular formula is C23H24F3N3O2. The van der Waals surface area contributed by atoms with Crippen molar-refractivity contribution in [2.75, 3.05) is 7.05 Å². The first-order valence-corrected chi connectivity index (χ1v) is 9.90. The lowest BCUT2D eigenvalue weighted by Crippen LogP contribution is -2.38. The Morgan fingerprint density at radius 3 is 2.32 bits per heavy atom. The fourth-order valence-electron chi connectivity index (χ4n) is 3.35. The van der Waals surface area contributed by atoms with E-state index in [0.717, 1.165) is 23.3 Å². The van der Waals surface area contributed by atoms with Crippen molar-refractivity contribution in [1.29, 1.82) is 0 Å². The van der Waals surface area contributed by atoms with Crippen molar-refractivity contribution in [2.24, 2.45) is 0 Å². The number of nitrogens with one attached hydrogen (secondary N) is 2. The molecule has 31 heavy (non-hydrogen) atoms. The predicted molar refractivity (Wildman–Crippen MR) is 110 cm³/mol. The van der Waals surface area contributed by atoms with Gasteiger partial charge in [-0.1, -0.05) is 47.6 Å². The van der Waals surface area contributed by atoms with Gasteiger partial charge in [-0.05, 0) is 43.0 Å². The van der Waals surface area contributed by atoms with Gasteiger partial charge in [0, 0.05) is 13.1 Å². The fraction of sp³-hybridized carbons (Fsp3) is 0.304. The largest absolute Gasteiger partial charge is 0.416 e. The summed E-state index contributed by atoms with van der Waals surface area (Å²) >= 11 is 0. The van der Waals surface area contributed by atoms with Crippen molar-refractivity contribution in [3.8, 4) is 0 Å². The third-order valence-corrected chi connectivity index (χ3v) is 5.02. The highest BCUT2D eigenvalue weighted by Crippen LogP contribution is 2.30. The van der Waals surface area contributed by atoms with Gasteiger partial charge in [0.05, 0.1) is 11.6 Å². The quantitative estimate of drug-likeness (QED) is 0.540. The SMILES string of the molecule is CNC(=O)C(N[C@H](CCc1ccc(C(F)(F)F)cc1)c1cc(C)on1)c1ccccc1. The second kappa shape index (κ2) is 9.78. The average Bonchev–Trinajstić information content (AvgIpc) is 3.20. The van der Waals surface area contributed by atoms with E-state index in [0.29, 0.717) is 24.3 Å². The van der Waals surface area contributed by atoms with Crippen LogP contribution in [0.2, 0.25) is 0 Å². The predicted octanol–water partition coefficient (Wildman–Crippen LogP) is 4.75. The molecule has 0 aliphatic rings. The molecule has 0 saturated heterocycles. The van der Waals surface area contributed by atoms with Crippen molar-refractivity contribution in [3.63, 3.8) is 0 Å². The molecule has 2 N–H and O–H groups in total. The molecule has 1 heterocycles. The summed E-state index contributed by atoms with van der Waals surface area (Å²) in [4.78, 5) is 12.6. The number of aryl methyl sites for hydroxylation is 2. The van der Waals surface area contributed by atoms with Gasteiger partial charge in [-0.2, -0.15) is 13.2 Å². The van der Waals surface area contributed by atoms with Gasteiger partial charge in [0.2, 0.25) is 5.91 Å². The first-order valence-electron chi connectivity index (χ1n) is 9.90. The number of likely N-dealkylation sites (N-methyl/N-ethyl adjacent to an activating group) is 1. The third-order valence-electron chi connectivity index (χ3n) is 5.02. The number of amides is 1. The van der Waals surface area contributed by atoms with Crippen LogP contribution in [-0.4, -0.2) is 18.1 Å². The first kappa shape index (κ1) is 22.6. The van der Waals surface area contributed by atoms with Crippen LogP contribution in [-0.2, 0) is 17.4 Å². The highest BCUT2D eigenvalue weighted by atomic mass is 19.4. The smallest absolute Gasteiger partial charge is 0.361 e. The molecule has 0 fully saturated rings. The zero-order valence-electron chi connectivity index (χ0n) is 17.2. The normalized spacial score (nSPS) is 13.6. The summed E-state index contributed by atoms with van der Waals surface area (Å²) in [5.74, 6) is 0.429. The summed E-state index contributed by atoms with van der Waals surface area (Å²) in [6, 6.07) is 15.2. The Balaban J connectivity index is 1.80. The number of rotatable bonds is 8. The molecule has 0 saturated carbocycles. The molecule has 0 aliphatic carbocycles. The standard InChI is InChI=1S/C23H24F3N3O2/c1-15-14-20(29-31-15)19(13-10-16-8-11-18(12-9-16)23(24,25)26)28-21(22(30)27-2)17-6-4-3-5-7-17/h3-9,11-12,14,19,21,28H,10,13H2,1-2H3,(H,27,30)/t19-,21?/m1/s1. The fourth-order valence-corrected chi connectivity index (χ4v) is 3.35. The van der Waals surface area contributed by atoms with Gasteiger partial charge in [-0.3, -0.25) is 10.1 Å². The topological polar surface area (TPSA) is 67.2 Å². The van der Waals surface area contributed by atoms with E-state index in [9.17, 15) is 18.0 Å². The highest BCUT2D eigenvalue weighted by Gasteiger charge is 2.30. The van der Waals surface area contributed by atoms with Crippen LogP contribution in [0.4, 0.5) is 13.2 Å². The van der Waals surface area contributed by atoms with Crippen molar-refractivity contribution >= 4 is 5.91 Å². The highest BCUT2D eigenvalue weighted by molar-refractivity contribution is 5.82. The Hall–Kier alpha value is -3.13. The van der Waals surface area contributed by atoms with Crippen LogP contribution in [0.1, 0.15) is 46.6 Å². The first-order chi connectivity index (χ1) is 14.8. The molecule has 2 aromatic carbocycles. The third kappa shape index (κ3) is 5.95. The molecule has 8 heteroatoms. The van der Waals surface area contributed by atoms with Crippen molar-refractivity contribution in [2.45, 2.75) is 38.0 Å². The van der Waals surface area contributed by atoms with E-state index in [1.165, 1.54) is 12.1 Å². The van der Waals surface area contributed by atoms with Crippen LogP contribution < -0.4 is 10.6 Å². The molecule has 1 amide bonds. The summed E-state index contributed by atoms with van der Waals surface area (Å²) in [6.07, 6.45) is -3.36. The van der Waals surface area contributed by atoms with Gasteiger partial charge < -0.3 is 9.84 Å². The second-order valence-electron chi connectivity index (χ2n) is 7.27. The molecule has 2 atom stereocenters. The number of nitrogens with zero attached hydrogens (tertiary/aromatic N) is 1. The zero-order chi connectivity index (χ0) is 22.4. The molecule has 0 bridgehead atoms. The number of aromatic nitrogens is 1. The number of carbonyl (C=O) groups is 1. The molecule has 0 radical (unpaired) electrons. The van der Waals surface area contributed by atoms with Gasteiger partial charge in [0.1, 0.15) is 17.5 Å². The van der Waals surface area contributed by atoms with Crippen LogP contribution in [0.25, 0.3) is 0 Å². The Kier molecular flexibility index (Phi) is 7.12. The maximum atomic E-state index is 12.8. The number of carbonyl (C=O) groups excluding carboxylic acids is 1. The molecular weight excluding hydrogens is 407 g/mol. The summed E-state index contributed by atoms with van der Waals surface area (Å²) in [5, 5.41) is 10.1. The zero-order valence-corrected chi connectivity index (χ0v) is 17.2. The van der Waals surface area contributed by atoms with Crippen LogP contribution >= 0.6 is 0 Å². The van der Waals surface area contributed by atoms with E-state index in [1.807, 2.05) is 30.3 Å². The molecule has 3 aromatic rings. The minimum atomic E-state index is -4.36. The second-order valence-corrected chi connectivity index (χ2v) is 7.27. The lowest BCUT2D eigenvalue weighted by molar-refractivity contribution is -0.137. The van der Waals surface area contributed by atoms with Crippen LogP contribution in [0.15, 0.2) is 65.2 Å². The number of hydrogen-bond donors (Lipinski definition) is 2. The molecule has 1 aromatic heterocycles. The minimum absolute atomic E-state index is 0.203. The Morgan fingerprint density at radius 1 is 1.10 bits per heavy atom. The van der Waals surface area contributed by atoms with E-state index >= 15 is 0 Å².